The number of thioether (sulfide) groups is 1. The van der Waals surface area contributed by atoms with Crippen LogP contribution in [0, 0.1) is 0 Å². The van der Waals surface area contributed by atoms with Crippen molar-refractivity contribution in [1.82, 2.24) is 5.32 Å². The SMILES string of the molecule is CSC1(CNC2=NCCCCC2)CCCCC1. The van der Waals surface area contributed by atoms with Gasteiger partial charge in [-0.15, -0.1) is 0 Å². The summed E-state index contributed by atoms with van der Waals surface area (Å²) in [7, 11) is 0. The highest BCUT2D eigenvalue weighted by atomic mass is 32.2. The Morgan fingerprint density at radius 1 is 1.12 bits per heavy atom. The molecule has 0 aromatic rings. The molecule has 3 heteroatoms. The molecule has 98 valence electrons. The van der Waals surface area contributed by atoms with Gasteiger partial charge in [0, 0.05) is 24.3 Å². The van der Waals surface area contributed by atoms with E-state index in [0.717, 1.165) is 13.1 Å². The average molecular weight is 254 g/mol. The van der Waals surface area contributed by atoms with E-state index in [2.05, 4.69) is 28.3 Å². The van der Waals surface area contributed by atoms with E-state index < -0.39 is 0 Å². The van der Waals surface area contributed by atoms with Crippen LogP contribution in [0.5, 0.6) is 0 Å². The summed E-state index contributed by atoms with van der Waals surface area (Å²) in [5, 5.41) is 3.65. The van der Waals surface area contributed by atoms with Crippen LogP contribution in [-0.2, 0) is 0 Å². The van der Waals surface area contributed by atoms with Crippen molar-refractivity contribution in [2.75, 3.05) is 19.3 Å². The molecule has 0 bridgehead atoms. The molecule has 0 unspecified atom stereocenters. The van der Waals surface area contributed by atoms with Crippen LogP contribution >= 0.6 is 11.8 Å². The lowest BCUT2D eigenvalue weighted by Gasteiger charge is -2.36. The minimum absolute atomic E-state index is 0.493. The normalized spacial score (nSPS) is 24.9. The van der Waals surface area contributed by atoms with E-state index in [0.29, 0.717) is 4.75 Å². The van der Waals surface area contributed by atoms with Crippen LogP contribution < -0.4 is 5.32 Å². The number of hydrogen-bond donors (Lipinski definition) is 1. The fraction of sp³-hybridized carbons (Fsp3) is 0.929. The van der Waals surface area contributed by atoms with Gasteiger partial charge in [0.1, 0.15) is 0 Å². The van der Waals surface area contributed by atoms with E-state index in [4.69, 9.17) is 0 Å². The predicted octanol–water partition coefficient (Wildman–Crippen LogP) is 3.61. The zero-order valence-electron chi connectivity index (χ0n) is 11.1. The van der Waals surface area contributed by atoms with Crippen LogP contribution in [-0.4, -0.2) is 29.9 Å². The third-order valence-corrected chi connectivity index (χ3v) is 5.61. The minimum atomic E-state index is 0.493. The van der Waals surface area contributed by atoms with Gasteiger partial charge in [-0.3, -0.25) is 4.99 Å². The molecule has 0 spiro atoms. The molecule has 1 heterocycles. The summed E-state index contributed by atoms with van der Waals surface area (Å²) in [6.45, 7) is 2.17. The second kappa shape index (κ2) is 6.67. The summed E-state index contributed by atoms with van der Waals surface area (Å²) < 4.78 is 0.493. The fourth-order valence-corrected chi connectivity index (χ4v) is 3.84. The Labute approximate surface area is 110 Å². The number of hydrogen-bond acceptors (Lipinski definition) is 3. The van der Waals surface area contributed by atoms with E-state index >= 15 is 0 Å². The van der Waals surface area contributed by atoms with Crippen molar-refractivity contribution in [3.05, 3.63) is 0 Å². The molecule has 1 aliphatic heterocycles. The highest BCUT2D eigenvalue weighted by Crippen LogP contribution is 2.37. The Kier molecular flexibility index (Phi) is 5.20. The Hall–Kier alpha value is -0.180. The molecule has 0 aromatic heterocycles. The van der Waals surface area contributed by atoms with Crippen molar-refractivity contribution in [2.45, 2.75) is 62.5 Å². The summed E-state index contributed by atoms with van der Waals surface area (Å²) >= 11 is 2.07. The maximum Gasteiger partial charge on any atom is 0.0963 e. The third-order valence-electron chi connectivity index (χ3n) is 4.19. The van der Waals surface area contributed by atoms with Gasteiger partial charge in [-0.2, -0.15) is 11.8 Å². The van der Waals surface area contributed by atoms with E-state index in [1.54, 1.807) is 0 Å². The van der Waals surface area contributed by atoms with E-state index in [9.17, 15) is 0 Å². The number of nitrogens with one attached hydrogen (secondary N) is 1. The summed E-state index contributed by atoms with van der Waals surface area (Å²) in [5.41, 5.74) is 0. The lowest BCUT2D eigenvalue weighted by molar-refractivity contribution is 0.394. The minimum Gasteiger partial charge on any atom is -0.372 e. The van der Waals surface area contributed by atoms with Crippen LogP contribution in [0.25, 0.3) is 0 Å². The zero-order chi connectivity index (χ0) is 12.0. The van der Waals surface area contributed by atoms with E-state index in [1.165, 1.54) is 63.6 Å². The summed E-state index contributed by atoms with van der Waals surface area (Å²) in [5.74, 6) is 1.28. The van der Waals surface area contributed by atoms with Crippen molar-refractivity contribution in [1.29, 1.82) is 0 Å². The standard InChI is InChI=1S/C14H26N2S/c1-17-14(9-5-3-6-10-14)12-16-13-8-4-2-7-11-15-13/h2-12H2,1H3,(H,15,16). The van der Waals surface area contributed by atoms with Gasteiger partial charge in [0.2, 0.25) is 0 Å². The van der Waals surface area contributed by atoms with Crippen molar-refractivity contribution < 1.29 is 0 Å². The van der Waals surface area contributed by atoms with Gasteiger partial charge in [-0.25, -0.2) is 0 Å². The van der Waals surface area contributed by atoms with Gasteiger partial charge in [-0.1, -0.05) is 25.7 Å². The smallest absolute Gasteiger partial charge is 0.0963 e. The lowest BCUT2D eigenvalue weighted by atomic mass is 9.88. The average Bonchev–Trinajstić information content (AvgIpc) is 2.66. The first-order valence-corrected chi connectivity index (χ1v) is 8.39. The van der Waals surface area contributed by atoms with Gasteiger partial charge < -0.3 is 5.32 Å². The lowest BCUT2D eigenvalue weighted by Crippen LogP contribution is -2.41. The predicted molar refractivity (Wildman–Crippen MR) is 78.1 cm³/mol. The molecule has 0 saturated heterocycles. The van der Waals surface area contributed by atoms with Gasteiger partial charge in [-0.05, 0) is 31.9 Å². The van der Waals surface area contributed by atoms with Crippen LogP contribution in [0.3, 0.4) is 0 Å². The molecule has 2 nitrogen and oxygen atoms in total. The Morgan fingerprint density at radius 2 is 1.88 bits per heavy atom. The molecule has 2 rings (SSSR count). The Balaban J connectivity index is 1.84. The molecular formula is C14H26N2S. The molecule has 1 saturated carbocycles. The topological polar surface area (TPSA) is 24.4 Å². The first-order chi connectivity index (χ1) is 8.35. The second-order valence-corrected chi connectivity index (χ2v) is 6.71. The number of rotatable bonds is 3. The van der Waals surface area contributed by atoms with Gasteiger partial charge in [0.05, 0.1) is 5.84 Å². The van der Waals surface area contributed by atoms with Crippen molar-refractivity contribution in [2.24, 2.45) is 4.99 Å². The maximum absolute atomic E-state index is 4.67. The molecule has 0 aromatic carbocycles. The highest BCUT2D eigenvalue weighted by molar-refractivity contribution is 8.00. The molecule has 2 aliphatic rings. The molecule has 0 amide bonds. The molecule has 0 radical (unpaired) electrons. The fourth-order valence-electron chi connectivity index (χ4n) is 2.93. The molecule has 17 heavy (non-hydrogen) atoms. The van der Waals surface area contributed by atoms with Gasteiger partial charge in [0.15, 0.2) is 0 Å². The second-order valence-electron chi connectivity index (χ2n) is 5.44. The zero-order valence-corrected chi connectivity index (χ0v) is 12.0. The monoisotopic (exact) mass is 254 g/mol. The van der Waals surface area contributed by atoms with Crippen LogP contribution in [0.15, 0.2) is 4.99 Å². The number of aliphatic imine (C=N–C) groups is 1. The first-order valence-electron chi connectivity index (χ1n) is 7.17. The van der Waals surface area contributed by atoms with Gasteiger partial charge >= 0.3 is 0 Å². The molecule has 1 N–H and O–H groups in total. The van der Waals surface area contributed by atoms with Crippen LogP contribution in [0.4, 0.5) is 0 Å². The highest BCUT2D eigenvalue weighted by Gasteiger charge is 2.31. The summed E-state index contributed by atoms with van der Waals surface area (Å²) in [6.07, 6.45) is 14.4. The molecule has 1 aliphatic carbocycles. The Morgan fingerprint density at radius 3 is 2.65 bits per heavy atom. The summed E-state index contributed by atoms with van der Waals surface area (Å²) in [6, 6.07) is 0. The number of nitrogens with zero attached hydrogens (tertiary/aromatic N) is 1. The largest absolute Gasteiger partial charge is 0.372 e. The van der Waals surface area contributed by atoms with E-state index in [1.807, 2.05) is 0 Å². The molecular weight excluding hydrogens is 228 g/mol. The van der Waals surface area contributed by atoms with Crippen molar-refractivity contribution in [3.63, 3.8) is 0 Å². The Bertz CT molecular complexity index is 257. The molecule has 1 fully saturated rings. The molecule has 0 atom stereocenters. The number of amidine groups is 1. The van der Waals surface area contributed by atoms with Crippen molar-refractivity contribution >= 4 is 17.6 Å². The quantitative estimate of drug-likeness (QED) is 0.832. The van der Waals surface area contributed by atoms with Gasteiger partial charge in [0.25, 0.3) is 0 Å². The van der Waals surface area contributed by atoms with Crippen LogP contribution in [0.2, 0.25) is 0 Å². The van der Waals surface area contributed by atoms with Crippen molar-refractivity contribution in [3.8, 4) is 0 Å². The maximum atomic E-state index is 4.67. The first kappa shape index (κ1) is 13.3. The van der Waals surface area contributed by atoms with Crippen LogP contribution in [0.1, 0.15) is 57.8 Å². The third kappa shape index (κ3) is 3.90. The summed E-state index contributed by atoms with van der Waals surface area (Å²) in [4.78, 5) is 4.67. The van der Waals surface area contributed by atoms with E-state index in [-0.39, 0.29) is 0 Å².